The van der Waals surface area contributed by atoms with Crippen molar-refractivity contribution in [3.8, 4) is 0 Å². The molecule has 0 fully saturated rings. The quantitative estimate of drug-likeness (QED) is 0.0336. The van der Waals surface area contributed by atoms with Crippen LogP contribution < -0.4 is 5.32 Å². The summed E-state index contributed by atoms with van der Waals surface area (Å²) < 4.78 is 102. The number of carbonyl (C=O) groups is 18. The number of alkyl carbamates (subject to hydrolysis) is 1. The van der Waals surface area contributed by atoms with Crippen LogP contribution in [-0.2, 0) is 167 Å². The molecule has 0 aliphatic heterocycles. The molecule has 38 heteroatoms. The Bertz CT molecular complexity index is 4140. The van der Waals surface area contributed by atoms with Gasteiger partial charge in [0.25, 0.3) is 0 Å². The third-order valence-electron chi connectivity index (χ3n) is 28.0. The molecule has 16 atom stereocenters. The van der Waals surface area contributed by atoms with Gasteiger partial charge in [-0.3, -0.25) is 81.5 Å². The van der Waals surface area contributed by atoms with Gasteiger partial charge in [0.1, 0.15) is 6.61 Å². The highest BCUT2D eigenvalue weighted by Crippen LogP contribution is 2.58. The molecule has 0 rings (SSSR count). The van der Waals surface area contributed by atoms with E-state index in [9.17, 15) is 38.4 Å². The number of ether oxygens (including phenoxy) is 18. The van der Waals surface area contributed by atoms with Gasteiger partial charge in [-0.05, 0) is 242 Å². The molecule has 0 aromatic rings. The molecule has 1 N–H and O–H groups in total. The first-order chi connectivity index (χ1) is 69.5. The van der Waals surface area contributed by atoms with Gasteiger partial charge in [0, 0.05) is 5.75 Å². The second kappa shape index (κ2) is 69.9. The lowest BCUT2D eigenvalue weighted by Crippen LogP contribution is -2.51. The predicted molar refractivity (Wildman–Crippen MR) is 552 cm³/mol. The van der Waals surface area contributed by atoms with Crippen LogP contribution >= 0.6 is 11.8 Å². The molecule has 0 radical (unpaired) electrons. The van der Waals surface area contributed by atoms with E-state index in [0.29, 0.717) is 121 Å². The van der Waals surface area contributed by atoms with E-state index >= 15 is 47.9 Å². The summed E-state index contributed by atoms with van der Waals surface area (Å²) in [5.74, 6) is -23.4. The smallest absolute Gasteiger partial charge is 0.407 e. The molecule has 37 nitrogen and oxygen atoms in total. The lowest BCUT2D eigenvalue weighted by atomic mass is 9.56. The Hall–Kier alpha value is -9.39. The maximum atomic E-state index is 15.4. The summed E-state index contributed by atoms with van der Waals surface area (Å²) in [5.41, 5.74) is -18.5. The minimum atomic E-state index is -2.14. The van der Waals surface area contributed by atoms with Crippen molar-refractivity contribution in [2.45, 2.75) is 357 Å². The van der Waals surface area contributed by atoms with E-state index in [1.54, 1.807) is 27.7 Å². The molecule has 0 bridgehead atoms. The summed E-state index contributed by atoms with van der Waals surface area (Å²) >= 11 is 1.41. The Labute approximate surface area is 885 Å². The molecular formula is C110H187NO36S. The highest BCUT2D eigenvalue weighted by molar-refractivity contribution is 7.99. The molecular weight excluding hydrogens is 1940 g/mol. The van der Waals surface area contributed by atoms with Crippen LogP contribution in [0, 0.1) is 95.6 Å². The Balaban J connectivity index is 8.90. The van der Waals surface area contributed by atoms with E-state index in [1.807, 2.05) is 55.4 Å². The fourth-order valence-electron chi connectivity index (χ4n) is 20.3. The maximum Gasteiger partial charge on any atom is 0.407 e. The first-order valence-electron chi connectivity index (χ1n) is 53.1. The molecule has 0 heterocycles. The van der Waals surface area contributed by atoms with Crippen molar-refractivity contribution in [2.24, 2.45) is 95.6 Å². The molecule has 0 aliphatic rings. The van der Waals surface area contributed by atoms with Gasteiger partial charge in [-0.25, -0.2) is 4.79 Å². The number of amides is 1. The molecule has 148 heavy (non-hydrogen) atoms. The van der Waals surface area contributed by atoms with Crippen LogP contribution in [0.5, 0.6) is 0 Å². The Kier molecular flexibility index (Phi) is 65.5. The number of nitrogens with one attached hydrogen (secondary N) is 1. The van der Waals surface area contributed by atoms with Gasteiger partial charge in [0.15, 0.2) is 0 Å². The number of methoxy groups -OCH3 is 9. The standard InChI is InChI=1S/C110H187NO36S/c1-30-38-50-139-83(112)76(9)60-77(84(113)140-51-39-31-2)61-78(85(114)141-52-40-32-3)62-79(86(115)142-53-41-33-4)63-80(87(116)143-54-42-34-5)64-81(88(117)144-55-43-35-6)65-82(89(118)145-56-44-36-7)66-102(12,91(120)130-21)67-103(13,92(121)131-22)68-104(14,93(122)132-23)69-105(15,94(123)133-24)70-106(16,95(124)134-25)71-107(17,96(125)135-26)72-108(18,97(126)136-27)73-109(19,98(127)137-28)74-110(20,99(128)138-29)75-148-59-48-46-45-47-57-147-100(129)111-49-58-146-90(119)101(10,11)37-8/h76-82H,30-75H2,1-29H3,(H,111,129). The zero-order valence-electron chi connectivity index (χ0n) is 95.2. The Morgan fingerprint density at radius 2 is 0.459 bits per heavy atom. The van der Waals surface area contributed by atoms with E-state index < -0.39 is 274 Å². The van der Waals surface area contributed by atoms with Gasteiger partial charge in [-0.1, -0.05) is 120 Å². The highest BCUT2D eigenvalue weighted by Gasteiger charge is 2.61. The number of hydrogen-bond acceptors (Lipinski definition) is 37. The molecule has 0 spiro atoms. The lowest BCUT2D eigenvalue weighted by Gasteiger charge is -2.46. The fraction of sp³-hybridized carbons (Fsp3) is 0.836. The third-order valence-corrected chi connectivity index (χ3v) is 29.4. The van der Waals surface area contributed by atoms with Crippen molar-refractivity contribution >= 4 is 119 Å². The van der Waals surface area contributed by atoms with Crippen molar-refractivity contribution < 1.29 is 172 Å². The normalized spacial score (nSPS) is 16.6. The van der Waals surface area contributed by atoms with Gasteiger partial charge in [-0.2, -0.15) is 11.8 Å². The molecule has 16 unspecified atom stereocenters. The highest BCUT2D eigenvalue weighted by atomic mass is 32.2. The molecule has 0 aromatic heterocycles. The summed E-state index contributed by atoms with van der Waals surface area (Å²) in [5, 5.41) is 2.57. The van der Waals surface area contributed by atoms with E-state index in [1.165, 1.54) is 74.3 Å². The second-order valence-corrected chi connectivity index (χ2v) is 44.2. The number of unbranched alkanes of at least 4 members (excludes halogenated alkanes) is 10. The van der Waals surface area contributed by atoms with Crippen molar-refractivity contribution in [3.05, 3.63) is 0 Å². The van der Waals surface area contributed by atoms with Crippen LogP contribution in [0.4, 0.5) is 4.79 Å². The van der Waals surface area contributed by atoms with Crippen LogP contribution in [0.1, 0.15) is 357 Å². The number of carbonyl (C=O) groups excluding carboxylic acids is 18. The van der Waals surface area contributed by atoms with Crippen molar-refractivity contribution in [1.29, 1.82) is 0 Å². The van der Waals surface area contributed by atoms with E-state index in [2.05, 4.69) is 5.32 Å². The van der Waals surface area contributed by atoms with Crippen molar-refractivity contribution in [3.63, 3.8) is 0 Å². The largest absolute Gasteiger partial charge is 0.469 e. The van der Waals surface area contributed by atoms with E-state index in [-0.39, 0.29) is 97.0 Å². The number of hydrogen-bond donors (Lipinski definition) is 1. The molecule has 0 aromatic carbocycles. The lowest BCUT2D eigenvalue weighted by molar-refractivity contribution is -0.174. The maximum absolute atomic E-state index is 15.4. The number of esters is 17. The molecule has 0 aliphatic carbocycles. The van der Waals surface area contributed by atoms with Crippen LogP contribution in [0.15, 0.2) is 0 Å². The Morgan fingerprint density at radius 1 is 0.236 bits per heavy atom. The van der Waals surface area contributed by atoms with Crippen LogP contribution in [-0.4, -0.2) is 249 Å². The predicted octanol–water partition coefficient (Wildman–Crippen LogP) is 18.2. The van der Waals surface area contributed by atoms with Crippen LogP contribution in [0.25, 0.3) is 0 Å². The van der Waals surface area contributed by atoms with Crippen molar-refractivity contribution in [1.82, 2.24) is 5.32 Å². The molecule has 0 saturated heterocycles. The number of thioether (sulfide) groups is 1. The summed E-state index contributed by atoms with van der Waals surface area (Å²) in [4.78, 5) is 264. The average Bonchev–Trinajstić information content (AvgIpc) is 0.750. The third kappa shape index (κ3) is 46.8. The van der Waals surface area contributed by atoms with Crippen LogP contribution in [0.3, 0.4) is 0 Å². The Morgan fingerprint density at radius 3 is 0.730 bits per heavy atom. The van der Waals surface area contributed by atoms with E-state index in [0.717, 1.165) is 63.3 Å². The minimum absolute atomic E-state index is 0.0123. The van der Waals surface area contributed by atoms with Gasteiger partial charge >= 0.3 is 108 Å². The SMILES string of the molecule is CCCCOC(=O)C(C)CC(CC(CC(CC(CC(CC(CC(C)(CC(C)(CC(C)(CC(C)(CC(C)(CC(C)(CC(C)(CC(C)(CC(C)(CSCCCCCCOC(=O)NCCOC(=O)C(C)(C)CC)C(=O)OC)C(=O)OC)C(=O)OC)C(=O)OC)C(=O)OC)C(=O)OC)C(=O)OC)C(=O)OC)C(=O)OC)C(=O)OCCCC)C(=O)OCCCC)C(=O)OCCCC)C(=O)OCCCC)C(=O)OCCCC)C(=O)OCCCC. The first-order valence-corrected chi connectivity index (χ1v) is 54.2. The monoisotopic (exact) mass is 2130 g/mol. The summed E-state index contributed by atoms with van der Waals surface area (Å²) in [6.45, 7) is 32.8. The fourth-order valence-corrected chi connectivity index (χ4v) is 21.6. The summed E-state index contributed by atoms with van der Waals surface area (Å²) in [6, 6.07) is 0. The van der Waals surface area contributed by atoms with E-state index in [4.69, 9.17) is 85.3 Å². The second-order valence-electron chi connectivity index (χ2n) is 43.1. The molecule has 854 valence electrons. The average molecular weight is 2130 g/mol. The topological polar surface area (TPSA) is 485 Å². The van der Waals surface area contributed by atoms with Gasteiger partial charge in [0.2, 0.25) is 0 Å². The van der Waals surface area contributed by atoms with Gasteiger partial charge < -0.3 is 90.6 Å². The molecule has 0 saturated carbocycles. The van der Waals surface area contributed by atoms with Gasteiger partial charge in [-0.15, -0.1) is 0 Å². The van der Waals surface area contributed by atoms with Crippen molar-refractivity contribution in [2.75, 3.05) is 142 Å². The van der Waals surface area contributed by atoms with Crippen LogP contribution in [0.2, 0.25) is 0 Å². The minimum Gasteiger partial charge on any atom is -0.469 e. The summed E-state index contributed by atoms with van der Waals surface area (Å²) in [7, 11) is 9.72. The summed E-state index contributed by atoms with van der Waals surface area (Å²) in [6.07, 6.45) is 2.05. The zero-order chi connectivity index (χ0) is 113. The van der Waals surface area contributed by atoms with Gasteiger partial charge in [0.05, 0.1) is 219 Å². The molecule has 1 amide bonds. The first kappa shape index (κ1) is 139. The zero-order valence-corrected chi connectivity index (χ0v) is 96.0. The number of rotatable bonds is 81.